The molecule has 0 aliphatic carbocycles. The van der Waals surface area contributed by atoms with Crippen molar-refractivity contribution in [3.63, 3.8) is 0 Å². The number of likely N-dealkylation sites (tertiary alicyclic amines) is 2. The van der Waals surface area contributed by atoms with Crippen LogP contribution in [0.25, 0.3) is 89.8 Å². The molecule has 6 N–H and O–H groups in total. The molecule has 4 saturated heterocycles. The van der Waals surface area contributed by atoms with Crippen LogP contribution in [0.3, 0.4) is 0 Å². The first-order valence-electron chi connectivity index (χ1n) is 35.1. The molecule has 4 aliphatic heterocycles. The molecule has 12 heterocycles. The van der Waals surface area contributed by atoms with Crippen LogP contribution in [0, 0.1) is 25.5 Å². The quantitative estimate of drug-likeness (QED) is 0.0592. The summed E-state index contributed by atoms with van der Waals surface area (Å²) in [6.45, 7) is 16.5. The number of hydrogen-bond acceptors (Lipinski definition) is 18. The highest BCUT2D eigenvalue weighted by Gasteiger charge is 2.29. The molecule has 4 aliphatic rings. The minimum absolute atomic E-state index is 0. The van der Waals surface area contributed by atoms with Crippen molar-refractivity contribution < 1.29 is 19.0 Å². The van der Waals surface area contributed by atoms with Gasteiger partial charge >= 0.3 is 0 Å². The zero-order valence-electron chi connectivity index (χ0n) is 58.6. The molecule has 22 nitrogen and oxygen atoms in total. The van der Waals surface area contributed by atoms with Gasteiger partial charge in [0.05, 0.1) is 57.5 Å². The molecular formula is C82H100Cl2F2N20O2. The fraction of sp³-hybridized carbons (Fsp3) is 0.341. The van der Waals surface area contributed by atoms with Crippen molar-refractivity contribution in [3.05, 3.63) is 215 Å². The van der Waals surface area contributed by atoms with Crippen LogP contribution in [0.5, 0.6) is 0 Å². The van der Waals surface area contributed by atoms with Crippen LogP contribution in [0.15, 0.2) is 171 Å². The summed E-state index contributed by atoms with van der Waals surface area (Å²) in [4.78, 5) is 39.9. The number of benzene rings is 4. The predicted molar refractivity (Wildman–Crippen MR) is 431 cm³/mol. The summed E-state index contributed by atoms with van der Waals surface area (Å²) in [5.74, 6) is 2.76. The van der Waals surface area contributed by atoms with Crippen LogP contribution in [0.2, 0.25) is 10.0 Å². The summed E-state index contributed by atoms with van der Waals surface area (Å²) >= 11 is 12.1. The zero-order valence-corrected chi connectivity index (χ0v) is 60.1. The predicted octanol–water partition coefficient (Wildman–Crippen LogP) is 15.5. The first-order chi connectivity index (χ1) is 50.6. The van der Waals surface area contributed by atoms with Gasteiger partial charge in [-0.15, -0.1) is 0 Å². The number of pyridine rings is 2. The van der Waals surface area contributed by atoms with Crippen molar-refractivity contribution >= 4 is 34.8 Å². The smallest absolute Gasteiger partial charge is 0.160 e. The van der Waals surface area contributed by atoms with E-state index in [-0.39, 0.29) is 53.5 Å². The molecule has 0 bridgehead atoms. The Morgan fingerprint density at radius 3 is 1.07 bits per heavy atom. The number of anilines is 2. The molecule has 0 unspecified atom stereocenters. The third kappa shape index (κ3) is 20.4. The van der Waals surface area contributed by atoms with Crippen molar-refractivity contribution in [1.82, 2.24) is 90.3 Å². The fourth-order valence-corrected chi connectivity index (χ4v) is 13.6. The molecule has 8 aromatic heterocycles. The van der Waals surface area contributed by atoms with E-state index in [1.165, 1.54) is 24.3 Å². The number of nitrogens with zero attached hydrogens (tertiary/aromatic N) is 16. The Bertz CT molecular complexity index is 4410. The highest BCUT2D eigenvalue weighted by atomic mass is 35.5. The maximum Gasteiger partial charge on any atom is 0.160 e. The zero-order chi connectivity index (χ0) is 72.1. The number of H-pyrrole nitrogens is 4. The van der Waals surface area contributed by atoms with Crippen LogP contribution >= 0.6 is 23.2 Å². The van der Waals surface area contributed by atoms with Gasteiger partial charge in [-0.3, -0.25) is 40.2 Å². The lowest BCUT2D eigenvalue weighted by molar-refractivity contribution is 0.0785. The van der Waals surface area contributed by atoms with E-state index in [4.69, 9.17) is 23.2 Å². The van der Waals surface area contributed by atoms with E-state index < -0.39 is 0 Å². The van der Waals surface area contributed by atoms with Crippen LogP contribution in [-0.2, 0) is 13.1 Å². The first-order valence-corrected chi connectivity index (χ1v) is 35.8. The maximum absolute atomic E-state index is 13.4. The third-order valence-corrected chi connectivity index (χ3v) is 19.7. The number of hydrogen-bond donors (Lipinski definition) is 6. The van der Waals surface area contributed by atoms with Gasteiger partial charge in [0.25, 0.3) is 0 Å². The second-order valence-corrected chi connectivity index (χ2v) is 27.4. The first kappa shape index (κ1) is 82.0. The van der Waals surface area contributed by atoms with Crippen molar-refractivity contribution in [2.45, 2.75) is 94.5 Å². The van der Waals surface area contributed by atoms with Crippen molar-refractivity contribution in [3.8, 4) is 89.8 Å². The number of aromatic nitrogens is 14. The topological polar surface area (TPSA) is 252 Å². The van der Waals surface area contributed by atoms with E-state index in [1.54, 1.807) is 61.4 Å². The molecule has 568 valence electrons. The van der Waals surface area contributed by atoms with E-state index in [0.29, 0.717) is 15.9 Å². The fourth-order valence-electron chi connectivity index (χ4n) is 13.4. The second kappa shape index (κ2) is 38.7. The Balaban J connectivity index is 0.000000164. The Labute approximate surface area is 642 Å². The number of piperazine rings is 2. The van der Waals surface area contributed by atoms with E-state index >= 15 is 0 Å². The Kier molecular flexibility index (Phi) is 29.4. The van der Waals surface area contributed by atoms with Crippen LogP contribution in [0.1, 0.15) is 78.4 Å². The minimum Gasteiger partial charge on any atom is -0.393 e. The molecule has 0 atom stereocenters. The van der Waals surface area contributed by atoms with E-state index in [9.17, 15) is 19.0 Å². The number of aliphatic hydroxyl groups excluding tert-OH is 2. The maximum atomic E-state index is 13.4. The van der Waals surface area contributed by atoms with Gasteiger partial charge in [0.2, 0.25) is 0 Å². The second-order valence-electron chi connectivity index (χ2n) is 26.5. The molecule has 0 saturated carbocycles. The molecule has 0 spiro atoms. The van der Waals surface area contributed by atoms with Crippen LogP contribution in [0.4, 0.5) is 20.4 Å². The monoisotopic (exact) mass is 1500 g/mol. The Hall–Kier alpha value is -10.0. The van der Waals surface area contributed by atoms with Gasteiger partial charge in [-0.2, -0.15) is 20.4 Å². The van der Waals surface area contributed by atoms with Crippen LogP contribution in [-0.4, -0.2) is 205 Å². The molecule has 4 fully saturated rings. The number of aliphatic hydroxyl groups is 2. The van der Waals surface area contributed by atoms with Gasteiger partial charge in [-0.1, -0.05) is 77.2 Å². The number of rotatable bonds is 14. The van der Waals surface area contributed by atoms with E-state index in [0.717, 1.165) is 236 Å². The standard InChI is InChI=1S/C20H21ClN4O.C20H21FN4O.C19H21ClN6.C19H21FN6.4CH4/c2*21-16-3-1-15(2-4-16)20-19(14-5-9-22-10-6-14)18(23-24-20)13-25-11-7-17(26)8-12-25;2*1-13-21-8-7-16(22-13)17-18(14-3-5-15(20)6-4-14)23-24-19(17)26-11-9-25(2)10-12-26;;;;/h2*1-6,9-10,17,26H,7-8,11-13H2,(H,23,24);2*3-8H,9-12H2,1-2H3,(H,23,24);4*1H4. The van der Waals surface area contributed by atoms with Gasteiger partial charge in [0.15, 0.2) is 11.6 Å². The summed E-state index contributed by atoms with van der Waals surface area (Å²) in [6, 6.07) is 40.1. The molecule has 108 heavy (non-hydrogen) atoms. The normalized spacial score (nSPS) is 15.2. The molecule has 16 rings (SSSR count). The summed E-state index contributed by atoms with van der Waals surface area (Å²) < 4.78 is 26.7. The molecule has 0 amide bonds. The molecule has 12 aromatic rings. The largest absolute Gasteiger partial charge is 0.393 e. The Morgan fingerprint density at radius 2 is 0.722 bits per heavy atom. The van der Waals surface area contributed by atoms with Crippen molar-refractivity contribution in [2.24, 2.45) is 0 Å². The van der Waals surface area contributed by atoms with E-state index in [1.807, 2.05) is 98.8 Å². The summed E-state index contributed by atoms with van der Waals surface area (Å²) in [5, 5.41) is 52.1. The summed E-state index contributed by atoms with van der Waals surface area (Å²) in [5.41, 5.74) is 17.3. The molecular weight excluding hydrogens is 1410 g/mol. The SMILES string of the molecule is C.C.C.C.Cc1nccc(-c2c(N3CCN(C)CC3)n[nH]c2-c2ccc(Cl)cc2)n1.Cc1nccc(-c2c(N3CCN(C)CC3)n[nH]c2-c2ccc(F)cc2)n1.OC1CCN(Cc2[nH]nc(-c3ccc(Cl)cc3)c2-c2ccncc2)CC1.OC1CCN(Cc2[nH]nc(-c3ccc(F)cc3)c2-c2ccncc2)CC1. The average molecular weight is 1510 g/mol. The number of likely N-dealkylation sites (N-methyl/N-ethyl adjacent to an activating group) is 2. The van der Waals surface area contributed by atoms with Gasteiger partial charge in [-0.25, -0.2) is 28.7 Å². The average Bonchev–Trinajstić information content (AvgIpc) is 1.64. The van der Waals surface area contributed by atoms with Gasteiger partial charge in [-0.05, 0) is 174 Å². The highest BCUT2D eigenvalue weighted by Crippen LogP contribution is 2.41. The van der Waals surface area contributed by atoms with Crippen molar-refractivity contribution in [1.29, 1.82) is 0 Å². The molecule has 26 heteroatoms. The van der Waals surface area contributed by atoms with Crippen LogP contribution < -0.4 is 9.80 Å². The minimum atomic E-state index is -0.262. The number of aryl methyl sites for hydroxylation is 2. The lowest BCUT2D eigenvalue weighted by Crippen LogP contribution is -2.44. The number of halogens is 4. The van der Waals surface area contributed by atoms with E-state index in [2.05, 4.69) is 114 Å². The highest BCUT2D eigenvalue weighted by molar-refractivity contribution is 6.31. The third-order valence-electron chi connectivity index (χ3n) is 19.2. The number of aromatic amines is 4. The van der Waals surface area contributed by atoms with Crippen molar-refractivity contribution in [2.75, 3.05) is 102 Å². The van der Waals surface area contributed by atoms with Gasteiger partial charge in [0, 0.05) is 172 Å². The van der Waals surface area contributed by atoms with Gasteiger partial charge < -0.3 is 29.8 Å². The van der Waals surface area contributed by atoms with Gasteiger partial charge in [0.1, 0.15) is 34.7 Å². The number of piperidine rings is 2. The Morgan fingerprint density at radius 1 is 0.389 bits per heavy atom. The lowest BCUT2D eigenvalue weighted by atomic mass is 9.99. The summed E-state index contributed by atoms with van der Waals surface area (Å²) in [7, 11) is 4.27. The summed E-state index contributed by atoms with van der Waals surface area (Å²) in [6.07, 6.45) is 13.6. The molecule has 4 aromatic carbocycles. The number of nitrogens with one attached hydrogen (secondary N) is 4. The molecule has 0 radical (unpaired) electrons. The lowest BCUT2D eigenvalue weighted by Gasteiger charge is -2.33.